The molecule has 0 amide bonds. The lowest BCUT2D eigenvalue weighted by atomic mass is 10.4. The molecule has 0 spiro atoms. The van der Waals surface area contributed by atoms with Gasteiger partial charge in [0, 0.05) is 0 Å². The van der Waals surface area contributed by atoms with E-state index in [0.717, 1.165) is 0 Å². The molecule has 0 aromatic carbocycles. The zero-order valence-corrected chi connectivity index (χ0v) is 8.33. The zero-order valence-electron chi connectivity index (χ0n) is 8.33. The molecule has 0 rings (SSSR count). The van der Waals surface area contributed by atoms with Crippen molar-refractivity contribution in [3.63, 3.8) is 0 Å². The van der Waals surface area contributed by atoms with Crippen LogP contribution in [0.25, 0.3) is 0 Å². The van der Waals surface area contributed by atoms with Crippen molar-refractivity contribution in [3.05, 3.63) is 12.2 Å². The second-order valence-corrected chi connectivity index (χ2v) is 2.24. The molecular weight excluding hydrogens is 188 g/mol. The summed E-state index contributed by atoms with van der Waals surface area (Å²) in [6.07, 6.45) is 2.45. The molecule has 0 saturated carbocycles. The summed E-state index contributed by atoms with van der Waals surface area (Å²) in [5.74, 6) is 19.7. The van der Waals surface area contributed by atoms with E-state index in [2.05, 4.69) is 47.4 Å². The molecule has 0 aliphatic rings. The standard InChI is InChI=1S/C13H10O2/c1-2-3-4-5-6-7-8-9-10-11-13(15)12-14/h2-3,13-15H,12H2,1H3/b3-2+. The molecule has 74 valence electrons. The Hall–Kier alpha value is -2.10. The molecule has 0 aromatic rings. The first-order valence-electron chi connectivity index (χ1n) is 4.22. The van der Waals surface area contributed by atoms with Gasteiger partial charge >= 0.3 is 0 Å². The van der Waals surface area contributed by atoms with Crippen LogP contribution in [0.15, 0.2) is 12.2 Å². The van der Waals surface area contributed by atoms with Crippen LogP contribution >= 0.6 is 0 Å². The largest absolute Gasteiger partial charge is 0.393 e. The van der Waals surface area contributed by atoms with Crippen molar-refractivity contribution in [2.75, 3.05) is 6.61 Å². The normalized spacial score (nSPS) is 9.27. The molecular formula is C13H10O2. The molecule has 2 N–H and O–H groups in total. The van der Waals surface area contributed by atoms with Gasteiger partial charge in [-0.15, -0.1) is 0 Å². The quantitative estimate of drug-likeness (QED) is 0.579. The first-order chi connectivity index (χ1) is 7.31. The molecule has 1 unspecified atom stereocenters. The van der Waals surface area contributed by atoms with Gasteiger partial charge in [-0.3, -0.25) is 0 Å². The summed E-state index contributed by atoms with van der Waals surface area (Å²) < 4.78 is 0. The van der Waals surface area contributed by atoms with Crippen LogP contribution in [0, 0.1) is 47.4 Å². The number of aliphatic hydroxyl groups excluding tert-OH is 2. The van der Waals surface area contributed by atoms with E-state index in [1.54, 1.807) is 6.08 Å². The molecule has 0 radical (unpaired) electrons. The Balaban J connectivity index is 4.10. The maximum Gasteiger partial charge on any atom is 0.138 e. The summed E-state index contributed by atoms with van der Waals surface area (Å²) in [6.45, 7) is 1.47. The second-order valence-electron chi connectivity index (χ2n) is 2.24. The van der Waals surface area contributed by atoms with Gasteiger partial charge < -0.3 is 10.2 Å². The van der Waals surface area contributed by atoms with Crippen molar-refractivity contribution >= 4 is 0 Å². The highest BCUT2D eigenvalue weighted by Crippen LogP contribution is 1.72. The van der Waals surface area contributed by atoms with E-state index in [1.165, 1.54) is 0 Å². The molecule has 1 atom stereocenters. The molecule has 0 saturated heterocycles. The van der Waals surface area contributed by atoms with Crippen molar-refractivity contribution in [2.45, 2.75) is 13.0 Å². The van der Waals surface area contributed by atoms with Gasteiger partial charge in [-0.05, 0) is 48.5 Å². The van der Waals surface area contributed by atoms with Gasteiger partial charge in [0.2, 0.25) is 0 Å². The summed E-state index contributed by atoms with van der Waals surface area (Å²) in [6, 6.07) is 0. The number of rotatable bonds is 1. The van der Waals surface area contributed by atoms with Gasteiger partial charge in [0.05, 0.1) is 6.61 Å². The Morgan fingerprint density at radius 2 is 1.67 bits per heavy atom. The Bertz CT molecular complexity index is 442. The summed E-state index contributed by atoms with van der Waals surface area (Å²) in [5, 5.41) is 17.2. The van der Waals surface area contributed by atoms with Crippen LogP contribution in [0.3, 0.4) is 0 Å². The average molecular weight is 198 g/mol. The third-order valence-electron chi connectivity index (χ3n) is 1.05. The van der Waals surface area contributed by atoms with Gasteiger partial charge in [0.25, 0.3) is 0 Å². The molecule has 0 aromatic heterocycles. The summed E-state index contributed by atoms with van der Waals surface area (Å²) in [5.41, 5.74) is 0. The molecule has 0 fully saturated rings. The fourth-order valence-corrected chi connectivity index (χ4v) is 0.451. The Kier molecular flexibility index (Phi) is 8.59. The molecule has 0 aliphatic heterocycles. The van der Waals surface area contributed by atoms with Crippen LogP contribution in [0.1, 0.15) is 6.92 Å². The third-order valence-corrected chi connectivity index (χ3v) is 1.05. The summed E-state index contributed by atoms with van der Waals surface area (Å²) in [4.78, 5) is 0. The zero-order chi connectivity index (χ0) is 11.4. The minimum atomic E-state index is -1.04. The van der Waals surface area contributed by atoms with E-state index in [1.807, 2.05) is 13.0 Å². The maximum absolute atomic E-state index is 8.80. The summed E-state index contributed by atoms with van der Waals surface area (Å²) >= 11 is 0. The predicted molar refractivity (Wildman–Crippen MR) is 59.0 cm³/mol. The molecule has 2 nitrogen and oxygen atoms in total. The minimum Gasteiger partial charge on any atom is -0.393 e. The van der Waals surface area contributed by atoms with Gasteiger partial charge in [-0.25, -0.2) is 0 Å². The van der Waals surface area contributed by atoms with E-state index in [0.29, 0.717) is 0 Å². The van der Waals surface area contributed by atoms with Gasteiger partial charge in [0.1, 0.15) is 6.10 Å². The van der Waals surface area contributed by atoms with Crippen LogP contribution in [-0.4, -0.2) is 22.9 Å². The lowest BCUT2D eigenvalue weighted by Crippen LogP contribution is -2.07. The van der Waals surface area contributed by atoms with E-state index < -0.39 is 12.7 Å². The minimum absolute atomic E-state index is 0.394. The Labute approximate surface area is 90.0 Å². The van der Waals surface area contributed by atoms with E-state index >= 15 is 0 Å². The van der Waals surface area contributed by atoms with Crippen molar-refractivity contribution in [1.29, 1.82) is 0 Å². The maximum atomic E-state index is 8.80. The number of aliphatic hydroxyl groups is 2. The monoisotopic (exact) mass is 198 g/mol. The molecule has 0 aliphatic carbocycles. The van der Waals surface area contributed by atoms with Crippen molar-refractivity contribution in [1.82, 2.24) is 0 Å². The smallest absolute Gasteiger partial charge is 0.138 e. The second kappa shape index (κ2) is 9.98. The van der Waals surface area contributed by atoms with Crippen molar-refractivity contribution < 1.29 is 10.2 Å². The molecule has 15 heavy (non-hydrogen) atoms. The fraction of sp³-hybridized carbons (Fsp3) is 0.231. The van der Waals surface area contributed by atoms with Gasteiger partial charge in [0.15, 0.2) is 0 Å². The Morgan fingerprint density at radius 3 is 2.27 bits per heavy atom. The topological polar surface area (TPSA) is 40.5 Å². The highest BCUT2D eigenvalue weighted by molar-refractivity contribution is 5.41. The SMILES string of the molecule is C/C=C/C#CC#CC#CC#CC(O)CO. The van der Waals surface area contributed by atoms with E-state index in [4.69, 9.17) is 10.2 Å². The predicted octanol–water partition coefficient (Wildman–Crippen LogP) is -0.0707. The number of allylic oxidation sites excluding steroid dienone is 2. The molecule has 0 heterocycles. The molecule has 0 bridgehead atoms. The van der Waals surface area contributed by atoms with Crippen molar-refractivity contribution in [2.24, 2.45) is 0 Å². The summed E-state index contributed by atoms with van der Waals surface area (Å²) in [7, 11) is 0. The van der Waals surface area contributed by atoms with Crippen LogP contribution in [-0.2, 0) is 0 Å². The third kappa shape index (κ3) is 9.82. The highest BCUT2D eigenvalue weighted by atomic mass is 16.3. The molecule has 2 heteroatoms. The lowest BCUT2D eigenvalue weighted by Gasteiger charge is -1.90. The first-order valence-corrected chi connectivity index (χ1v) is 4.22. The Morgan fingerprint density at radius 1 is 1.07 bits per heavy atom. The first kappa shape index (κ1) is 12.9. The van der Waals surface area contributed by atoms with E-state index in [9.17, 15) is 0 Å². The van der Waals surface area contributed by atoms with Crippen LogP contribution in [0.5, 0.6) is 0 Å². The van der Waals surface area contributed by atoms with Gasteiger partial charge in [-0.1, -0.05) is 17.9 Å². The van der Waals surface area contributed by atoms with Crippen LogP contribution in [0.2, 0.25) is 0 Å². The van der Waals surface area contributed by atoms with Crippen LogP contribution < -0.4 is 0 Å². The van der Waals surface area contributed by atoms with E-state index in [-0.39, 0.29) is 0 Å². The van der Waals surface area contributed by atoms with Crippen molar-refractivity contribution in [3.8, 4) is 47.4 Å². The number of hydrogen-bond donors (Lipinski definition) is 2. The highest BCUT2D eigenvalue weighted by Gasteiger charge is 1.90. The van der Waals surface area contributed by atoms with Gasteiger partial charge in [-0.2, -0.15) is 0 Å². The fourth-order valence-electron chi connectivity index (χ4n) is 0.451. The lowest BCUT2D eigenvalue weighted by molar-refractivity contribution is 0.138. The van der Waals surface area contributed by atoms with Crippen LogP contribution in [0.4, 0.5) is 0 Å². The number of hydrogen-bond acceptors (Lipinski definition) is 2. The average Bonchev–Trinajstić information content (AvgIpc) is 2.26.